The lowest BCUT2D eigenvalue weighted by Crippen LogP contribution is -2.05. The number of carbonyl (C=O) groups excluding carboxylic acids is 1. The maximum Gasteiger partial charge on any atom is 0.387 e. The Morgan fingerprint density at radius 3 is 2.74 bits per heavy atom. The van der Waals surface area contributed by atoms with Gasteiger partial charge in [0.2, 0.25) is 0 Å². The monoisotopic (exact) mass is 270 g/mol. The van der Waals surface area contributed by atoms with Gasteiger partial charge in [-0.3, -0.25) is 0 Å². The fraction of sp³-hybridized carbons (Fsp3) is 0.231. The van der Waals surface area contributed by atoms with E-state index in [-0.39, 0.29) is 17.7 Å². The molecule has 102 valence electrons. The quantitative estimate of drug-likeness (QED) is 0.610. The maximum atomic E-state index is 12.3. The number of hydrogen-bond donors (Lipinski definition) is 1. The highest BCUT2D eigenvalue weighted by Crippen LogP contribution is 2.26. The first-order chi connectivity index (χ1) is 9.04. The van der Waals surface area contributed by atoms with Gasteiger partial charge in [-0.1, -0.05) is 12.1 Å². The summed E-state index contributed by atoms with van der Waals surface area (Å²) < 4.78 is 28.9. The third-order valence-corrected chi connectivity index (χ3v) is 2.30. The molecule has 0 unspecified atom stereocenters. The van der Waals surface area contributed by atoms with Gasteiger partial charge in [-0.05, 0) is 24.1 Å². The zero-order valence-corrected chi connectivity index (χ0v) is 9.88. The highest BCUT2D eigenvalue weighted by molar-refractivity contribution is 5.86. The van der Waals surface area contributed by atoms with Crippen LogP contribution in [0.25, 0.3) is 6.08 Å². The minimum atomic E-state index is -3.00. The Bertz CT molecular complexity index is 484. The van der Waals surface area contributed by atoms with E-state index in [9.17, 15) is 18.4 Å². The maximum absolute atomic E-state index is 12.3. The number of carbonyl (C=O) groups is 2. The predicted octanol–water partition coefficient (Wildman–Crippen LogP) is 2.52. The molecule has 1 rings (SSSR count). The average molecular weight is 270 g/mol. The second kappa shape index (κ2) is 7.25. The van der Waals surface area contributed by atoms with Gasteiger partial charge in [-0.25, -0.2) is 4.79 Å². The number of benzene rings is 1. The summed E-state index contributed by atoms with van der Waals surface area (Å²) in [5, 5.41) is 8.58. The molecule has 0 fully saturated rings. The number of hydrogen-bond acceptors (Lipinski definition) is 3. The van der Waals surface area contributed by atoms with Gasteiger partial charge in [0.05, 0.1) is 0 Å². The first-order valence-electron chi connectivity index (χ1n) is 5.46. The summed E-state index contributed by atoms with van der Waals surface area (Å²) in [4.78, 5) is 20.9. The van der Waals surface area contributed by atoms with Gasteiger partial charge in [-0.2, -0.15) is 8.78 Å². The van der Waals surface area contributed by atoms with Gasteiger partial charge in [0.15, 0.2) is 0 Å². The molecule has 0 heterocycles. The molecule has 19 heavy (non-hydrogen) atoms. The van der Waals surface area contributed by atoms with E-state index in [0.29, 0.717) is 18.3 Å². The molecule has 0 aromatic heterocycles. The van der Waals surface area contributed by atoms with Gasteiger partial charge in [0.1, 0.15) is 12.0 Å². The number of aryl methyl sites for hydroxylation is 1. The van der Waals surface area contributed by atoms with E-state index in [1.165, 1.54) is 18.2 Å². The average Bonchev–Trinajstić information content (AvgIpc) is 2.34. The van der Waals surface area contributed by atoms with Gasteiger partial charge >= 0.3 is 12.6 Å². The van der Waals surface area contributed by atoms with E-state index in [1.54, 1.807) is 6.07 Å². The summed E-state index contributed by atoms with van der Waals surface area (Å²) in [5.41, 5.74) is 0.815. The predicted molar refractivity (Wildman–Crippen MR) is 64.1 cm³/mol. The van der Waals surface area contributed by atoms with Crippen LogP contribution in [0.5, 0.6) is 5.75 Å². The number of carboxylic acid groups (broad SMARTS) is 1. The highest BCUT2D eigenvalue weighted by atomic mass is 19.3. The molecule has 0 aliphatic heterocycles. The van der Waals surface area contributed by atoms with Crippen LogP contribution in [-0.4, -0.2) is 24.0 Å². The molecule has 1 N–H and O–H groups in total. The van der Waals surface area contributed by atoms with Crippen LogP contribution in [0.4, 0.5) is 8.78 Å². The fourth-order valence-electron chi connectivity index (χ4n) is 1.56. The van der Waals surface area contributed by atoms with Crippen molar-refractivity contribution in [2.45, 2.75) is 19.5 Å². The Labute approximate surface area is 108 Å². The van der Waals surface area contributed by atoms with Crippen LogP contribution in [0.3, 0.4) is 0 Å². The Kier molecular flexibility index (Phi) is 5.66. The molecule has 1 aromatic rings. The van der Waals surface area contributed by atoms with Gasteiger partial charge in [0, 0.05) is 18.1 Å². The van der Waals surface area contributed by atoms with Crippen LogP contribution in [0.15, 0.2) is 24.3 Å². The standard InChI is InChI=1S/C13H12F2O4/c14-13(15)19-11-5-1-3-9(4-2-8-16)10(11)6-7-12(17)18/h1,3,5-8,13H,2,4H2,(H,17,18)/b7-6+. The molecular formula is C13H12F2O4. The molecule has 0 saturated carbocycles. The second-order valence-electron chi connectivity index (χ2n) is 3.58. The van der Waals surface area contributed by atoms with E-state index < -0.39 is 12.6 Å². The molecule has 0 bridgehead atoms. The fourth-order valence-corrected chi connectivity index (χ4v) is 1.56. The number of halogens is 2. The summed E-state index contributed by atoms with van der Waals surface area (Å²) in [6.45, 7) is -3.00. The first kappa shape index (κ1) is 14.8. The minimum absolute atomic E-state index is 0.115. The van der Waals surface area contributed by atoms with Crippen molar-refractivity contribution < 1.29 is 28.2 Å². The highest BCUT2D eigenvalue weighted by Gasteiger charge is 2.11. The van der Waals surface area contributed by atoms with E-state index in [1.807, 2.05) is 0 Å². The zero-order chi connectivity index (χ0) is 14.3. The summed E-state index contributed by atoms with van der Waals surface area (Å²) in [6, 6.07) is 4.46. The molecule has 0 aliphatic rings. The van der Waals surface area contributed by atoms with E-state index >= 15 is 0 Å². The van der Waals surface area contributed by atoms with Crippen molar-refractivity contribution in [3.63, 3.8) is 0 Å². The Hall–Kier alpha value is -2.24. The topological polar surface area (TPSA) is 63.6 Å². The molecule has 4 nitrogen and oxygen atoms in total. The number of ether oxygens (including phenoxy) is 1. The van der Waals surface area contributed by atoms with Gasteiger partial charge in [0.25, 0.3) is 0 Å². The Morgan fingerprint density at radius 2 is 2.16 bits per heavy atom. The molecule has 0 amide bonds. The molecule has 1 aromatic carbocycles. The van der Waals surface area contributed by atoms with Crippen molar-refractivity contribution in [3.8, 4) is 5.75 Å². The Balaban J connectivity index is 3.14. The lowest BCUT2D eigenvalue weighted by atomic mass is 10.0. The lowest BCUT2D eigenvalue weighted by molar-refractivity contribution is -0.131. The largest absolute Gasteiger partial charge is 0.478 e. The van der Waals surface area contributed by atoms with Crippen molar-refractivity contribution >= 4 is 18.3 Å². The number of aliphatic carboxylic acids is 1. The molecular weight excluding hydrogens is 258 g/mol. The molecule has 0 aliphatic carbocycles. The third kappa shape index (κ3) is 4.87. The first-order valence-corrected chi connectivity index (χ1v) is 5.46. The van der Waals surface area contributed by atoms with E-state index in [4.69, 9.17) is 5.11 Å². The van der Waals surface area contributed by atoms with Crippen molar-refractivity contribution in [2.24, 2.45) is 0 Å². The Morgan fingerprint density at radius 1 is 1.42 bits per heavy atom. The second-order valence-corrected chi connectivity index (χ2v) is 3.58. The third-order valence-electron chi connectivity index (χ3n) is 2.30. The molecule has 0 spiro atoms. The van der Waals surface area contributed by atoms with Crippen LogP contribution < -0.4 is 4.74 Å². The van der Waals surface area contributed by atoms with Crippen molar-refractivity contribution in [2.75, 3.05) is 0 Å². The van der Waals surface area contributed by atoms with Gasteiger partial charge in [-0.15, -0.1) is 0 Å². The van der Waals surface area contributed by atoms with Crippen LogP contribution >= 0.6 is 0 Å². The summed E-state index contributed by atoms with van der Waals surface area (Å²) in [5.74, 6) is -1.32. The van der Waals surface area contributed by atoms with Crippen molar-refractivity contribution in [1.29, 1.82) is 0 Å². The van der Waals surface area contributed by atoms with Crippen LogP contribution in [0.2, 0.25) is 0 Å². The number of carboxylic acids is 1. The summed E-state index contributed by atoms with van der Waals surface area (Å²) in [7, 11) is 0. The zero-order valence-electron chi connectivity index (χ0n) is 9.88. The van der Waals surface area contributed by atoms with Crippen molar-refractivity contribution in [3.05, 3.63) is 35.4 Å². The van der Waals surface area contributed by atoms with E-state index in [2.05, 4.69) is 4.74 Å². The molecule has 6 heteroatoms. The minimum Gasteiger partial charge on any atom is -0.478 e. The summed E-state index contributed by atoms with van der Waals surface area (Å²) in [6.07, 6.45) is 3.25. The van der Waals surface area contributed by atoms with E-state index in [0.717, 1.165) is 6.08 Å². The molecule has 0 radical (unpaired) electrons. The lowest BCUT2D eigenvalue weighted by Gasteiger charge is -2.11. The smallest absolute Gasteiger partial charge is 0.387 e. The summed E-state index contributed by atoms with van der Waals surface area (Å²) >= 11 is 0. The number of rotatable bonds is 7. The van der Waals surface area contributed by atoms with Crippen LogP contribution in [-0.2, 0) is 16.0 Å². The number of aldehydes is 1. The molecule has 0 saturated heterocycles. The van der Waals surface area contributed by atoms with Crippen molar-refractivity contribution in [1.82, 2.24) is 0 Å². The molecule has 0 atom stereocenters. The van der Waals surface area contributed by atoms with Crippen LogP contribution in [0.1, 0.15) is 17.5 Å². The van der Waals surface area contributed by atoms with Gasteiger partial charge < -0.3 is 14.6 Å². The van der Waals surface area contributed by atoms with Crippen LogP contribution in [0, 0.1) is 0 Å². The SMILES string of the molecule is O=CCCc1cccc(OC(F)F)c1/C=C/C(=O)O. The normalized spacial score (nSPS) is 10.9. The number of alkyl halides is 2.